The molecular weight excluding hydrogens is 148 g/mol. The summed E-state index contributed by atoms with van der Waals surface area (Å²) in [5.41, 5.74) is 0. The monoisotopic (exact) mass is 170 g/mol. The van der Waals surface area contributed by atoms with E-state index in [0.717, 1.165) is 12.0 Å². The Labute approximate surface area is 76.3 Å². The summed E-state index contributed by atoms with van der Waals surface area (Å²) in [4.78, 5) is 2.59. The Balaban J connectivity index is 2.30. The number of rotatable bonds is 3. The van der Waals surface area contributed by atoms with Crippen molar-refractivity contribution in [2.75, 3.05) is 26.7 Å². The third-order valence-electron chi connectivity index (χ3n) is 2.77. The van der Waals surface area contributed by atoms with Gasteiger partial charge in [0.15, 0.2) is 0 Å². The zero-order valence-corrected chi connectivity index (χ0v) is 8.64. The first-order valence-electron chi connectivity index (χ1n) is 5.12. The van der Waals surface area contributed by atoms with Gasteiger partial charge in [-0.15, -0.1) is 0 Å². The van der Waals surface area contributed by atoms with Gasteiger partial charge < -0.3 is 10.2 Å². The quantitative estimate of drug-likeness (QED) is 0.687. The van der Waals surface area contributed by atoms with Crippen LogP contribution in [0.15, 0.2) is 0 Å². The maximum Gasteiger partial charge on any atom is 0.00387 e. The van der Waals surface area contributed by atoms with Crippen LogP contribution in [0.2, 0.25) is 0 Å². The molecule has 1 atom stereocenters. The molecule has 1 fully saturated rings. The maximum absolute atomic E-state index is 3.27. The van der Waals surface area contributed by atoms with Crippen LogP contribution in [0.1, 0.15) is 26.7 Å². The largest absolute Gasteiger partial charge is 0.319 e. The number of nitrogens with one attached hydrogen (secondary N) is 1. The normalized spacial score (nSPS) is 26.5. The Bertz CT molecular complexity index is 121. The van der Waals surface area contributed by atoms with Crippen LogP contribution in [-0.2, 0) is 0 Å². The Morgan fingerprint density at radius 2 is 2.25 bits per heavy atom. The van der Waals surface area contributed by atoms with Gasteiger partial charge in [0, 0.05) is 12.6 Å². The highest BCUT2D eigenvalue weighted by atomic mass is 15.2. The lowest BCUT2D eigenvalue weighted by atomic mass is 9.97. The minimum atomic E-state index is 0.727. The smallest absolute Gasteiger partial charge is 0.00387 e. The molecule has 2 heteroatoms. The fourth-order valence-corrected chi connectivity index (χ4v) is 2.02. The molecule has 1 aliphatic rings. The number of hydrogen-bond acceptors (Lipinski definition) is 2. The molecule has 0 amide bonds. The molecular formula is C10H22N2. The van der Waals surface area contributed by atoms with Gasteiger partial charge in [0.25, 0.3) is 0 Å². The number of likely N-dealkylation sites (tertiary alicyclic amines) is 1. The van der Waals surface area contributed by atoms with Gasteiger partial charge in [0.2, 0.25) is 0 Å². The molecule has 0 spiro atoms. The Kier molecular flexibility index (Phi) is 4.02. The van der Waals surface area contributed by atoms with Crippen LogP contribution in [0.3, 0.4) is 0 Å². The Morgan fingerprint density at radius 3 is 2.83 bits per heavy atom. The third kappa shape index (κ3) is 2.76. The first-order chi connectivity index (χ1) is 5.74. The van der Waals surface area contributed by atoms with Crippen molar-refractivity contribution in [2.45, 2.75) is 32.7 Å². The Hall–Kier alpha value is -0.0800. The van der Waals surface area contributed by atoms with Crippen molar-refractivity contribution in [2.24, 2.45) is 5.92 Å². The van der Waals surface area contributed by atoms with Gasteiger partial charge in [0.1, 0.15) is 0 Å². The van der Waals surface area contributed by atoms with E-state index in [1.807, 2.05) is 7.05 Å². The molecule has 2 nitrogen and oxygen atoms in total. The standard InChI is InChI=1S/C10H22N2/c1-9(2)12-6-4-5-10(8-12)7-11-3/h9-11H,4-8H2,1-3H3/t10-/m0/s1. The molecule has 0 aliphatic carbocycles. The summed E-state index contributed by atoms with van der Waals surface area (Å²) in [6.07, 6.45) is 2.79. The second kappa shape index (κ2) is 4.83. The predicted octanol–water partition coefficient (Wildman–Crippen LogP) is 1.33. The van der Waals surface area contributed by atoms with E-state index in [0.29, 0.717) is 0 Å². The number of hydrogen-bond donors (Lipinski definition) is 1. The molecule has 72 valence electrons. The van der Waals surface area contributed by atoms with E-state index < -0.39 is 0 Å². The van der Waals surface area contributed by atoms with Gasteiger partial charge in [-0.3, -0.25) is 0 Å². The number of nitrogens with zero attached hydrogens (tertiary/aromatic N) is 1. The molecule has 12 heavy (non-hydrogen) atoms. The van der Waals surface area contributed by atoms with Crippen LogP contribution in [0.5, 0.6) is 0 Å². The summed E-state index contributed by atoms with van der Waals surface area (Å²) in [7, 11) is 2.05. The fraction of sp³-hybridized carbons (Fsp3) is 1.00. The Morgan fingerprint density at radius 1 is 1.50 bits per heavy atom. The van der Waals surface area contributed by atoms with Crippen molar-refractivity contribution < 1.29 is 0 Å². The zero-order chi connectivity index (χ0) is 8.97. The number of piperidine rings is 1. The van der Waals surface area contributed by atoms with Gasteiger partial charge in [-0.1, -0.05) is 0 Å². The zero-order valence-electron chi connectivity index (χ0n) is 8.64. The molecule has 0 saturated carbocycles. The van der Waals surface area contributed by atoms with E-state index in [1.54, 1.807) is 0 Å². The first-order valence-corrected chi connectivity index (χ1v) is 5.12. The molecule has 1 aliphatic heterocycles. The van der Waals surface area contributed by atoms with Crippen LogP contribution >= 0.6 is 0 Å². The van der Waals surface area contributed by atoms with Crippen molar-refractivity contribution in [3.8, 4) is 0 Å². The van der Waals surface area contributed by atoms with Crippen molar-refractivity contribution in [3.05, 3.63) is 0 Å². The summed E-state index contributed by atoms with van der Waals surface area (Å²) in [5, 5.41) is 3.27. The molecule has 0 radical (unpaired) electrons. The second-order valence-electron chi connectivity index (χ2n) is 4.15. The summed E-state index contributed by atoms with van der Waals surface area (Å²) in [6.45, 7) is 8.36. The highest BCUT2D eigenvalue weighted by Gasteiger charge is 2.20. The highest BCUT2D eigenvalue weighted by Crippen LogP contribution is 2.17. The highest BCUT2D eigenvalue weighted by molar-refractivity contribution is 4.75. The van der Waals surface area contributed by atoms with Gasteiger partial charge in [-0.05, 0) is 52.7 Å². The average Bonchev–Trinajstić information content (AvgIpc) is 2.05. The SMILES string of the molecule is CNC[C@@H]1CCCN(C(C)C)C1. The molecule has 0 aromatic rings. The van der Waals surface area contributed by atoms with E-state index >= 15 is 0 Å². The van der Waals surface area contributed by atoms with Crippen molar-refractivity contribution in [1.29, 1.82) is 0 Å². The van der Waals surface area contributed by atoms with Crippen LogP contribution in [-0.4, -0.2) is 37.6 Å². The average molecular weight is 170 g/mol. The molecule has 0 bridgehead atoms. The first kappa shape index (κ1) is 10.0. The van der Waals surface area contributed by atoms with Crippen LogP contribution in [0.25, 0.3) is 0 Å². The molecule has 0 aromatic carbocycles. The topological polar surface area (TPSA) is 15.3 Å². The second-order valence-corrected chi connectivity index (χ2v) is 4.15. The van der Waals surface area contributed by atoms with Crippen LogP contribution in [0, 0.1) is 5.92 Å². The van der Waals surface area contributed by atoms with Crippen LogP contribution < -0.4 is 5.32 Å². The third-order valence-corrected chi connectivity index (χ3v) is 2.77. The maximum atomic E-state index is 3.27. The lowest BCUT2D eigenvalue weighted by molar-refractivity contribution is 0.140. The predicted molar refractivity (Wildman–Crippen MR) is 53.4 cm³/mol. The fourth-order valence-electron chi connectivity index (χ4n) is 2.02. The van der Waals surface area contributed by atoms with E-state index in [9.17, 15) is 0 Å². The summed E-state index contributed by atoms with van der Waals surface area (Å²) >= 11 is 0. The van der Waals surface area contributed by atoms with E-state index in [1.165, 1.54) is 32.5 Å². The van der Waals surface area contributed by atoms with E-state index in [-0.39, 0.29) is 0 Å². The molecule has 1 saturated heterocycles. The molecule has 1 heterocycles. The summed E-state index contributed by atoms with van der Waals surface area (Å²) < 4.78 is 0. The molecule has 0 aromatic heterocycles. The van der Waals surface area contributed by atoms with Crippen molar-refractivity contribution >= 4 is 0 Å². The minimum Gasteiger partial charge on any atom is -0.319 e. The molecule has 0 unspecified atom stereocenters. The molecule has 1 rings (SSSR count). The summed E-state index contributed by atoms with van der Waals surface area (Å²) in [5.74, 6) is 0.881. The van der Waals surface area contributed by atoms with Gasteiger partial charge >= 0.3 is 0 Å². The minimum absolute atomic E-state index is 0.727. The van der Waals surface area contributed by atoms with Crippen molar-refractivity contribution in [1.82, 2.24) is 10.2 Å². The van der Waals surface area contributed by atoms with Crippen molar-refractivity contribution in [3.63, 3.8) is 0 Å². The van der Waals surface area contributed by atoms with E-state index in [2.05, 4.69) is 24.1 Å². The lowest BCUT2D eigenvalue weighted by Crippen LogP contribution is -2.42. The molecule has 1 N–H and O–H groups in total. The van der Waals surface area contributed by atoms with Gasteiger partial charge in [0.05, 0.1) is 0 Å². The van der Waals surface area contributed by atoms with Gasteiger partial charge in [-0.25, -0.2) is 0 Å². The summed E-state index contributed by atoms with van der Waals surface area (Å²) in [6, 6.07) is 0.727. The lowest BCUT2D eigenvalue weighted by Gasteiger charge is -2.35. The van der Waals surface area contributed by atoms with Crippen LogP contribution in [0.4, 0.5) is 0 Å². The van der Waals surface area contributed by atoms with Gasteiger partial charge in [-0.2, -0.15) is 0 Å². The van der Waals surface area contributed by atoms with E-state index in [4.69, 9.17) is 0 Å².